The van der Waals surface area contributed by atoms with Gasteiger partial charge in [-0.15, -0.1) is 5.16 Å². The van der Waals surface area contributed by atoms with E-state index < -0.39 is 89.4 Å². The number of benzene rings is 10. The van der Waals surface area contributed by atoms with Gasteiger partial charge in [0.05, 0.1) is 87.4 Å². The van der Waals surface area contributed by atoms with Gasteiger partial charge < -0.3 is 74.5 Å². The summed E-state index contributed by atoms with van der Waals surface area (Å²) in [7, 11) is 0. The molecule has 14 rings (SSSR count). The number of hydrogen-bond donors (Lipinski definition) is 8. The van der Waals surface area contributed by atoms with Crippen LogP contribution in [0, 0.1) is 53.3 Å². The van der Waals surface area contributed by atoms with Crippen LogP contribution in [0.4, 0.5) is 5.69 Å². The number of nitrogens with one attached hydrogen (secondary N) is 1. The minimum atomic E-state index is -0.829. The summed E-state index contributed by atoms with van der Waals surface area (Å²) in [5.41, 5.74) is 20.5. The number of hydroxylamine groups is 6. The van der Waals surface area contributed by atoms with Crippen LogP contribution in [-0.4, -0.2) is 176 Å². The van der Waals surface area contributed by atoms with E-state index in [9.17, 15) is 72.3 Å². The molecule has 4 heterocycles. The molecule has 4 aliphatic rings. The molecule has 4 aliphatic heterocycles. The zero-order valence-corrected chi connectivity index (χ0v) is 80.2. The van der Waals surface area contributed by atoms with Crippen LogP contribution in [0.2, 0.25) is 0 Å². The van der Waals surface area contributed by atoms with Gasteiger partial charge in [-0.2, -0.15) is 0 Å². The summed E-state index contributed by atoms with van der Waals surface area (Å²) in [6, 6.07) is 87.1. The van der Waals surface area contributed by atoms with E-state index in [2.05, 4.69) is 34.2 Å². The maximum atomic E-state index is 12.3. The molecule has 0 saturated carbocycles. The van der Waals surface area contributed by atoms with Gasteiger partial charge in [-0.3, -0.25) is 78.0 Å². The van der Waals surface area contributed by atoms with E-state index in [1.165, 1.54) is 6.21 Å². The number of nitrogens with two attached hydrogens (primary N) is 2. The number of anilines is 1. The first-order chi connectivity index (χ1) is 70.7. The Morgan fingerprint density at radius 2 is 0.721 bits per heavy atom. The number of aliphatic hydroxyl groups is 1. The normalized spacial score (nSPS) is 14.9. The minimum absolute atomic E-state index is 0. The van der Waals surface area contributed by atoms with E-state index >= 15 is 0 Å². The van der Waals surface area contributed by atoms with E-state index in [1.54, 1.807) is 36.4 Å². The van der Waals surface area contributed by atoms with Gasteiger partial charge in [0.15, 0.2) is 0 Å². The predicted octanol–water partition coefficient (Wildman–Crippen LogP) is 13.3. The van der Waals surface area contributed by atoms with Crippen molar-refractivity contribution in [3.05, 3.63) is 352 Å². The van der Waals surface area contributed by atoms with Crippen molar-refractivity contribution in [2.45, 2.75) is 149 Å². The van der Waals surface area contributed by atoms with Crippen molar-refractivity contribution >= 4 is 95.5 Å². The molecule has 35 nitrogen and oxygen atoms in total. The number of aliphatic hydroxyl groups excluding tert-OH is 1. The Hall–Kier alpha value is -16.8. The molecular formula is C112H121N7O28. The molecule has 10 aromatic carbocycles. The summed E-state index contributed by atoms with van der Waals surface area (Å²) < 4.78 is 46.2. The van der Waals surface area contributed by atoms with Crippen molar-refractivity contribution in [2.24, 2.45) is 40.5 Å². The first-order valence-corrected chi connectivity index (χ1v) is 46.7. The largest absolute Gasteiger partial charge is 0.465 e. The third-order valence-electron chi connectivity index (χ3n) is 21.9. The molecule has 147 heavy (non-hydrogen) atoms. The molecule has 0 spiro atoms. The second kappa shape index (κ2) is 66.8. The highest BCUT2D eigenvalue weighted by atomic mass is 16.6. The Bertz CT molecular complexity index is 5910. The minimum Gasteiger partial charge on any atom is -0.465 e. The Kier molecular flexibility index (Phi) is 53.3. The van der Waals surface area contributed by atoms with E-state index in [4.69, 9.17) is 74.8 Å². The summed E-state index contributed by atoms with van der Waals surface area (Å²) in [6.45, 7) is 2.35. The number of carbonyl (C=O) groups excluding carboxylic acids is 14. The number of oxime groups is 1. The zero-order chi connectivity index (χ0) is 105. The number of aldehydes is 1. The summed E-state index contributed by atoms with van der Waals surface area (Å²) in [4.78, 5) is 163. The Labute approximate surface area is 851 Å². The molecule has 4 amide bonds. The summed E-state index contributed by atoms with van der Waals surface area (Å²) in [5.74, 6) is 2.45. The third-order valence-corrected chi connectivity index (χ3v) is 21.9. The first kappa shape index (κ1) is 117. The molecule has 0 aliphatic carbocycles. The van der Waals surface area contributed by atoms with Crippen LogP contribution < -0.4 is 16.8 Å². The average Bonchev–Trinajstić information content (AvgIpc) is 1.74. The first-order valence-electron chi connectivity index (χ1n) is 46.7. The van der Waals surface area contributed by atoms with Gasteiger partial charge in [-0.1, -0.05) is 262 Å². The van der Waals surface area contributed by atoms with Crippen molar-refractivity contribution in [2.75, 3.05) is 38.6 Å². The number of ether oxygens (including phenoxy) is 9. The van der Waals surface area contributed by atoms with E-state index in [0.717, 1.165) is 55.6 Å². The average molecular weight is 2010 g/mol. The Morgan fingerprint density at radius 1 is 0.401 bits per heavy atom. The van der Waals surface area contributed by atoms with Gasteiger partial charge in [-0.25, -0.2) is 15.2 Å². The van der Waals surface area contributed by atoms with Crippen LogP contribution in [0.3, 0.4) is 0 Å². The highest BCUT2D eigenvalue weighted by molar-refractivity contribution is 5.98. The molecule has 10 aromatic rings. The fourth-order valence-electron chi connectivity index (χ4n) is 13.6. The molecule has 4 fully saturated rings. The van der Waals surface area contributed by atoms with Crippen LogP contribution in [-0.2, 0) is 158 Å². The lowest BCUT2D eigenvalue weighted by molar-refractivity contribution is -0.162. The summed E-state index contributed by atoms with van der Waals surface area (Å²) >= 11 is 0. The highest BCUT2D eigenvalue weighted by Crippen LogP contribution is 2.24. The Balaban J connectivity index is 0.000000236. The number of amides is 4. The smallest absolute Gasteiger partial charge is 0.310 e. The van der Waals surface area contributed by atoms with Gasteiger partial charge in [0.2, 0.25) is 5.91 Å². The van der Waals surface area contributed by atoms with E-state index in [1.807, 2.05) is 255 Å². The number of cyclic esters (lactones) is 1. The maximum Gasteiger partial charge on any atom is 0.310 e. The van der Waals surface area contributed by atoms with Crippen LogP contribution in [0.25, 0.3) is 0 Å². The topological polar surface area (TPSA) is 509 Å². The lowest BCUT2D eigenvalue weighted by Gasteiger charge is -2.14. The lowest BCUT2D eigenvalue weighted by atomic mass is 10.0. The number of nitrogen functional groups attached to an aromatic ring is 1. The van der Waals surface area contributed by atoms with Crippen molar-refractivity contribution in [3.63, 3.8) is 0 Å². The zero-order valence-electron chi connectivity index (χ0n) is 80.2. The second-order valence-electron chi connectivity index (χ2n) is 33.0. The van der Waals surface area contributed by atoms with E-state index in [-0.39, 0.29) is 161 Å². The summed E-state index contributed by atoms with van der Waals surface area (Å²) in [6.07, 6.45) is 3.72. The van der Waals surface area contributed by atoms with E-state index in [0.29, 0.717) is 71.6 Å². The molecule has 7 unspecified atom stereocenters. The fraction of sp³-hybridized carbons (Fsp3) is 0.295. The van der Waals surface area contributed by atoms with Gasteiger partial charge in [0.25, 0.3) is 17.7 Å². The molecule has 10 N–H and O–H groups in total. The molecule has 7 atom stereocenters. The molecule has 772 valence electrons. The SMILES string of the molecule is C.NC1CCN(O)C1=O.Nc1ccc(C#CC#Cc2ccc(C(=O)NC3CCN(O)C3=O)cc2)cc1.O=C(CC(C/C=N/O)C(=O)OCc1ccccc1)OCc1ccccc1.O=C(CC(CCO)C(=O)OCc1ccccc1)OCc1ccccc1.O=C(CC1CCN(O)C1=O)OCc1ccccc1.O=C(CC1CCOC1=O)OCc1ccccc1.O=CCC(CC(=O)OCc1ccccc1)C(=O)OCc1ccccc1. The van der Waals surface area contributed by atoms with Crippen LogP contribution in [0.5, 0.6) is 0 Å². The molecule has 35 heteroatoms. The van der Waals surface area contributed by atoms with Gasteiger partial charge in [-0.05, 0) is 143 Å². The molecular weight excluding hydrogens is 1890 g/mol. The van der Waals surface area contributed by atoms with Crippen molar-refractivity contribution in [3.8, 4) is 23.7 Å². The van der Waals surface area contributed by atoms with Crippen LogP contribution in [0.15, 0.2) is 296 Å². The molecule has 0 bridgehead atoms. The summed E-state index contributed by atoms with van der Waals surface area (Å²) in [5, 5.41) is 52.1. The number of nitrogens with zero attached hydrogens (tertiary/aromatic N) is 4. The number of rotatable bonds is 37. The van der Waals surface area contributed by atoms with Gasteiger partial charge >= 0.3 is 53.7 Å². The maximum absolute atomic E-state index is 12.3. The number of carbonyl (C=O) groups is 14. The molecule has 4 saturated heterocycles. The van der Waals surface area contributed by atoms with Crippen LogP contribution >= 0.6 is 0 Å². The lowest BCUT2D eigenvalue weighted by Crippen LogP contribution is -2.40. The molecule has 0 aromatic heterocycles. The predicted molar refractivity (Wildman–Crippen MR) is 535 cm³/mol. The third kappa shape index (κ3) is 46.0. The van der Waals surface area contributed by atoms with Crippen molar-refractivity contribution < 1.29 is 136 Å². The monoisotopic (exact) mass is 2010 g/mol. The Morgan fingerprint density at radius 3 is 1.03 bits per heavy atom. The van der Waals surface area contributed by atoms with Gasteiger partial charge in [0, 0.05) is 48.2 Å². The van der Waals surface area contributed by atoms with Gasteiger partial charge in [0.1, 0.15) is 65.2 Å². The van der Waals surface area contributed by atoms with Crippen molar-refractivity contribution in [1.82, 2.24) is 20.5 Å². The second-order valence-corrected chi connectivity index (χ2v) is 33.0. The van der Waals surface area contributed by atoms with Crippen molar-refractivity contribution in [1.29, 1.82) is 0 Å². The molecule has 0 radical (unpaired) electrons. The quantitative estimate of drug-likeness (QED) is 0.00206. The fourth-order valence-corrected chi connectivity index (χ4v) is 13.6. The standard InChI is InChI=1S/C21H17N3O3.C20H21NO5.C20H22O5.C20H20O5.C13H15NO4.C13H14O4.C4H8N2O2.CH4/c22-18-11-7-16(8-12-18)4-2-1-3-15-5-9-17(10-6-15)20(25)23-19-13-14-24(27)21(19)26;22-19(25-14-16-7-3-1-4-8-16)13-18(11-12-21-24)20(23)26-15-17-9-5-2-6-10-17;2*21-12-11-18(20(23)25-15-17-9-5-2-6-10-17)13-19(22)24-14-16-7-3-1-4-8-16;15-12(8-11-6-7-14(17)13(11)16)18-9-10-4-2-1-3-5-10;14-12(8-11-6-7-16-13(11)15)17-9-10-4-2-1-3-5-10;5-3-1-2-6(8)4(3)7;/h5-12,19,27H,13-14,22H2,(H,23,25);1-10,12,18,24H,11,13-15H2;1-10,18,21H,11-15H2;1-10,12,18H,11,13-15H2;1-5,11,17H,6-9H2;1-5,11H,6-9H2;3,8H,1-2,5H2;1H4/b;21-12+;;;;;;. The number of hydrogen-bond acceptors (Lipinski definition) is 31. The number of esters is 9. The highest BCUT2D eigenvalue weighted by Gasteiger charge is 2.36. The van der Waals surface area contributed by atoms with Crippen LogP contribution in [0.1, 0.15) is 150 Å².